The van der Waals surface area contributed by atoms with Crippen molar-refractivity contribution in [2.45, 2.75) is 83.4 Å². The van der Waals surface area contributed by atoms with Crippen LogP contribution >= 0.6 is 0 Å². The maximum absolute atomic E-state index is 12.8. The molecule has 4 heterocycles. The predicted octanol–water partition coefficient (Wildman–Crippen LogP) is 3.47. The van der Waals surface area contributed by atoms with Gasteiger partial charge in [-0.25, -0.2) is 9.59 Å². The Morgan fingerprint density at radius 2 is 1.94 bits per heavy atom. The van der Waals surface area contributed by atoms with E-state index in [1.54, 1.807) is 9.80 Å². The van der Waals surface area contributed by atoms with Gasteiger partial charge in [-0.1, -0.05) is 13.3 Å². The van der Waals surface area contributed by atoms with E-state index >= 15 is 0 Å². The normalized spacial score (nSPS) is 26.1. The van der Waals surface area contributed by atoms with Crippen molar-refractivity contribution in [3.8, 4) is 0 Å². The molecule has 0 aliphatic carbocycles. The Morgan fingerprint density at radius 3 is 2.68 bits per heavy atom. The summed E-state index contributed by atoms with van der Waals surface area (Å²) < 4.78 is 11.5. The maximum atomic E-state index is 12.8. The van der Waals surface area contributed by atoms with E-state index in [2.05, 4.69) is 17.1 Å². The van der Waals surface area contributed by atoms with Crippen LogP contribution in [0.5, 0.6) is 0 Å². The fraction of sp³-hybridized carbons (Fsp3) is 0.810. The Labute approximate surface area is 182 Å². The Balaban J connectivity index is 1.37. The van der Waals surface area contributed by atoms with Crippen molar-refractivity contribution < 1.29 is 23.6 Å². The van der Waals surface area contributed by atoms with Crippen molar-refractivity contribution in [3.05, 3.63) is 11.8 Å². The number of aromatic nitrogens is 2. The molecule has 2 bridgehead atoms. The Hall–Kier alpha value is -2.36. The summed E-state index contributed by atoms with van der Waals surface area (Å²) in [7, 11) is 0. The molecular formula is C21H33N5O5. The number of hydroxylamine groups is 2. The third-order valence-corrected chi connectivity index (χ3v) is 5.98. The molecule has 3 atom stereocenters. The molecule has 0 aromatic carbocycles. The fourth-order valence-electron chi connectivity index (χ4n) is 4.36. The largest absolute Gasteiger partial charge is 0.444 e. The molecule has 31 heavy (non-hydrogen) atoms. The zero-order valence-electron chi connectivity index (χ0n) is 18.9. The standard InChI is InChI=1S/C21H33N5O5/c1-5-6-11-29-26-15-7-8-16(25(13-15)19(26)27)18-23-22-17(30-18)14-9-10-24(12-14)20(28)31-21(2,3)4/h14-16H,5-13H2,1-4H3/t14-,15-,16-/m0/s1. The number of fused-ring (bicyclic) bond motifs is 2. The highest BCUT2D eigenvalue weighted by molar-refractivity contribution is 5.77. The number of urea groups is 1. The summed E-state index contributed by atoms with van der Waals surface area (Å²) in [6.45, 7) is 9.91. The first-order chi connectivity index (χ1) is 14.8. The summed E-state index contributed by atoms with van der Waals surface area (Å²) in [5, 5.41) is 10.0. The van der Waals surface area contributed by atoms with E-state index in [-0.39, 0.29) is 30.1 Å². The monoisotopic (exact) mass is 435 g/mol. The van der Waals surface area contributed by atoms with Crippen LogP contribution in [-0.2, 0) is 9.57 Å². The molecule has 1 aromatic heterocycles. The molecule has 10 heteroatoms. The van der Waals surface area contributed by atoms with Crippen LogP contribution in [0.2, 0.25) is 0 Å². The van der Waals surface area contributed by atoms with Crippen LogP contribution in [0.15, 0.2) is 4.42 Å². The van der Waals surface area contributed by atoms with Crippen molar-refractivity contribution in [2.75, 3.05) is 26.2 Å². The van der Waals surface area contributed by atoms with Crippen LogP contribution in [0, 0.1) is 0 Å². The van der Waals surface area contributed by atoms with Gasteiger partial charge in [-0.15, -0.1) is 10.2 Å². The van der Waals surface area contributed by atoms with Gasteiger partial charge in [-0.05, 0) is 46.5 Å². The topological polar surface area (TPSA) is 101 Å². The first-order valence-corrected chi connectivity index (χ1v) is 11.3. The molecule has 0 radical (unpaired) electrons. The molecule has 0 unspecified atom stereocenters. The van der Waals surface area contributed by atoms with Gasteiger partial charge < -0.3 is 19.0 Å². The van der Waals surface area contributed by atoms with Crippen molar-refractivity contribution in [2.24, 2.45) is 0 Å². The Morgan fingerprint density at radius 1 is 1.16 bits per heavy atom. The van der Waals surface area contributed by atoms with E-state index in [4.69, 9.17) is 14.0 Å². The molecular weight excluding hydrogens is 402 g/mol. The summed E-state index contributed by atoms with van der Waals surface area (Å²) in [5.74, 6) is 0.965. The third kappa shape index (κ3) is 4.63. The second kappa shape index (κ2) is 8.64. The molecule has 1 aromatic rings. The number of ether oxygens (including phenoxy) is 1. The van der Waals surface area contributed by atoms with E-state index in [1.807, 2.05) is 20.8 Å². The molecule has 172 valence electrons. The molecule has 3 saturated heterocycles. The minimum atomic E-state index is -0.526. The lowest BCUT2D eigenvalue weighted by atomic mass is 10.0. The Bertz CT molecular complexity index is 806. The second-order valence-electron chi connectivity index (χ2n) is 9.58. The van der Waals surface area contributed by atoms with E-state index in [9.17, 15) is 9.59 Å². The highest BCUT2D eigenvalue weighted by atomic mass is 16.7. The number of amides is 3. The van der Waals surface area contributed by atoms with Gasteiger partial charge >= 0.3 is 12.1 Å². The molecule has 4 rings (SSSR count). The molecule has 0 spiro atoms. The number of nitrogens with zero attached hydrogens (tertiary/aromatic N) is 5. The van der Waals surface area contributed by atoms with Crippen LogP contribution < -0.4 is 0 Å². The molecule has 3 aliphatic rings. The lowest BCUT2D eigenvalue weighted by Crippen LogP contribution is -2.35. The average molecular weight is 436 g/mol. The van der Waals surface area contributed by atoms with Crippen molar-refractivity contribution in [3.63, 3.8) is 0 Å². The van der Waals surface area contributed by atoms with Crippen LogP contribution in [0.3, 0.4) is 0 Å². The van der Waals surface area contributed by atoms with Gasteiger partial charge in [0.15, 0.2) is 0 Å². The van der Waals surface area contributed by atoms with Crippen molar-refractivity contribution in [1.29, 1.82) is 0 Å². The molecule has 3 fully saturated rings. The molecule has 0 saturated carbocycles. The lowest BCUT2D eigenvalue weighted by Gasteiger charge is -2.27. The van der Waals surface area contributed by atoms with Gasteiger partial charge in [0.2, 0.25) is 11.8 Å². The fourth-order valence-corrected chi connectivity index (χ4v) is 4.36. The third-order valence-electron chi connectivity index (χ3n) is 5.98. The zero-order chi connectivity index (χ0) is 22.2. The van der Waals surface area contributed by atoms with E-state index in [1.165, 1.54) is 5.06 Å². The minimum absolute atomic E-state index is 0.0201. The SMILES string of the molecule is CCCCON1C(=O)N2C[C@@H]1CC[C@H]2c1nnc([C@H]2CCN(C(=O)OC(C)(C)C)C2)o1. The quantitative estimate of drug-likeness (QED) is 0.631. The second-order valence-corrected chi connectivity index (χ2v) is 9.58. The van der Waals surface area contributed by atoms with E-state index < -0.39 is 5.60 Å². The molecule has 3 amide bonds. The van der Waals surface area contributed by atoms with Crippen LogP contribution in [0.1, 0.15) is 83.5 Å². The highest BCUT2D eigenvalue weighted by Crippen LogP contribution is 2.39. The summed E-state index contributed by atoms with van der Waals surface area (Å²) >= 11 is 0. The summed E-state index contributed by atoms with van der Waals surface area (Å²) in [4.78, 5) is 34.3. The highest BCUT2D eigenvalue weighted by Gasteiger charge is 2.48. The smallest absolute Gasteiger partial charge is 0.410 e. The van der Waals surface area contributed by atoms with Crippen molar-refractivity contribution >= 4 is 12.1 Å². The number of carbonyl (C=O) groups excluding carboxylic acids is 2. The number of carbonyl (C=O) groups is 2. The number of hydrogen-bond donors (Lipinski definition) is 0. The van der Waals surface area contributed by atoms with Crippen LogP contribution in [0.4, 0.5) is 9.59 Å². The van der Waals surface area contributed by atoms with Crippen LogP contribution in [0.25, 0.3) is 0 Å². The molecule has 0 N–H and O–H groups in total. The maximum Gasteiger partial charge on any atom is 0.410 e. The van der Waals surface area contributed by atoms with Gasteiger partial charge in [0.05, 0.1) is 18.6 Å². The molecule has 3 aliphatic heterocycles. The van der Waals surface area contributed by atoms with Crippen molar-refractivity contribution in [1.82, 2.24) is 25.1 Å². The van der Waals surface area contributed by atoms with E-state index in [0.717, 1.165) is 32.1 Å². The number of likely N-dealkylation sites (tertiary alicyclic amines) is 1. The number of unbranched alkanes of at least 4 members (excludes halogenated alkanes) is 1. The number of rotatable bonds is 6. The van der Waals surface area contributed by atoms with E-state index in [0.29, 0.717) is 38.0 Å². The summed E-state index contributed by atoms with van der Waals surface area (Å²) in [6, 6.07) is -0.270. The Kier molecular flexibility index (Phi) is 6.09. The van der Waals surface area contributed by atoms with Gasteiger partial charge in [0.1, 0.15) is 11.6 Å². The number of hydrogen-bond acceptors (Lipinski definition) is 7. The van der Waals surface area contributed by atoms with Gasteiger partial charge in [0.25, 0.3) is 0 Å². The van der Waals surface area contributed by atoms with Gasteiger partial charge in [-0.3, -0.25) is 4.84 Å². The first kappa shape index (κ1) is 21.9. The average Bonchev–Trinajstić information content (AvgIpc) is 3.42. The van der Waals surface area contributed by atoms with Gasteiger partial charge in [-0.2, -0.15) is 5.06 Å². The lowest BCUT2D eigenvalue weighted by molar-refractivity contribution is -0.130. The zero-order valence-corrected chi connectivity index (χ0v) is 18.9. The van der Waals surface area contributed by atoms with Gasteiger partial charge in [0, 0.05) is 19.6 Å². The number of piperidine rings is 1. The molecule has 10 nitrogen and oxygen atoms in total. The minimum Gasteiger partial charge on any atom is -0.444 e. The summed E-state index contributed by atoms with van der Waals surface area (Å²) in [5.41, 5.74) is -0.526. The van der Waals surface area contributed by atoms with Crippen LogP contribution in [-0.4, -0.2) is 75.1 Å². The summed E-state index contributed by atoms with van der Waals surface area (Å²) in [6.07, 6.45) is 3.98. The first-order valence-electron chi connectivity index (χ1n) is 11.3. The predicted molar refractivity (Wildman–Crippen MR) is 110 cm³/mol.